The second kappa shape index (κ2) is 8.32. The van der Waals surface area contributed by atoms with Crippen molar-refractivity contribution >= 4 is 52.4 Å². The molecule has 162 valence electrons. The molecule has 8 nitrogen and oxygen atoms in total. The molecule has 1 aromatic carbocycles. The van der Waals surface area contributed by atoms with Crippen LogP contribution in [0.15, 0.2) is 17.5 Å². The van der Waals surface area contributed by atoms with Crippen molar-refractivity contribution in [2.24, 2.45) is 0 Å². The molecule has 4 rings (SSSR count). The number of amides is 5. The molecule has 2 aliphatic heterocycles. The fourth-order valence-electron chi connectivity index (χ4n) is 3.84. The summed E-state index contributed by atoms with van der Waals surface area (Å²) in [5.41, 5.74) is 3.83. The van der Waals surface area contributed by atoms with Crippen LogP contribution in [0.3, 0.4) is 0 Å². The lowest BCUT2D eigenvalue weighted by Crippen LogP contribution is -2.52. The maximum Gasteiger partial charge on any atom is 0.319 e. The number of imide groups is 1. The van der Waals surface area contributed by atoms with Gasteiger partial charge in [-0.1, -0.05) is 17.7 Å². The third-order valence-electron chi connectivity index (χ3n) is 5.55. The van der Waals surface area contributed by atoms with Crippen LogP contribution in [0, 0.1) is 13.8 Å². The van der Waals surface area contributed by atoms with Crippen molar-refractivity contribution in [1.29, 1.82) is 0 Å². The Balaban J connectivity index is 1.40. The number of urea groups is 1. The van der Waals surface area contributed by atoms with E-state index in [0.29, 0.717) is 22.7 Å². The number of hydrogen-bond donors (Lipinski definition) is 3. The van der Waals surface area contributed by atoms with Crippen LogP contribution in [0.5, 0.6) is 0 Å². The summed E-state index contributed by atoms with van der Waals surface area (Å²) in [5.74, 6) is -0.978. The number of hydrogen-bond acceptors (Lipinski definition) is 5. The van der Waals surface area contributed by atoms with E-state index in [2.05, 4.69) is 16.0 Å². The normalized spacial score (nSPS) is 18.1. The Bertz CT molecular complexity index is 1110. The third kappa shape index (κ3) is 4.15. The second-order valence-corrected chi connectivity index (χ2v) is 9.05. The third-order valence-corrected chi connectivity index (χ3v) is 6.99. The summed E-state index contributed by atoms with van der Waals surface area (Å²) in [5, 5.41) is 10.2. The van der Waals surface area contributed by atoms with Gasteiger partial charge in [-0.25, -0.2) is 4.79 Å². The van der Waals surface area contributed by atoms with Crippen molar-refractivity contribution in [2.45, 2.75) is 45.8 Å². The van der Waals surface area contributed by atoms with Gasteiger partial charge < -0.3 is 15.5 Å². The molecule has 1 atom stereocenters. The van der Waals surface area contributed by atoms with E-state index in [1.165, 1.54) is 16.2 Å². The quantitative estimate of drug-likeness (QED) is 0.609. The van der Waals surface area contributed by atoms with Gasteiger partial charge in [0.2, 0.25) is 11.8 Å². The van der Waals surface area contributed by atoms with Crippen LogP contribution in [0.25, 0.3) is 0 Å². The molecule has 2 aromatic rings. The van der Waals surface area contributed by atoms with E-state index in [1.807, 2.05) is 19.9 Å². The standard InChI is InChI=1S/C21H21ClN4O4S/c1-10-5-11(2)15(6-14(10)22)24-21(30)23-7-17-12-8-26(20(29)13(12)9-31-17)16-3-4-18(27)25-19(16)28/h5-6,9,16H,3-4,7-8H2,1-2H3,(H2,23,24,30)(H,25,27,28). The molecule has 3 N–H and O–H groups in total. The Labute approximate surface area is 187 Å². The van der Waals surface area contributed by atoms with Crippen molar-refractivity contribution in [1.82, 2.24) is 15.5 Å². The van der Waals surface area contributed by atoms with Crippen LogP contribution in [-0.2, 0) is 22.7 Å². The molecule has 1 fully saturated rings. The molecule has 0 radical (unpaired) electrons. The maximum atomic E-state index is 12.8. The molecular weight excluding hydrogens is 440 g/mol. The molecular formula is C21H21ClN4O4S. The number of nitrogens with zero attached hydrogens (tertiary/aromatic N) is 1. The summed E-state index contributed by atoms with van der Waals surface area (Å²) in [6, 6.07) is 2.59. The minimum Gasteiger partial charge on any atom is -0.333 e. The Hall–Kier alpha value is -2.91. The number of nitrogens with one attached hydrogen (secondary N) is 3. The highest BCUT2D eigenvalue weighted by atomic mass is 35.5. The first-order chi connectivity index (χ1) is 14.7. The molecule has 0 bridgehead atoms. The molecule has 0 saturated carbocycles. The molecule has 3 heterocycles. The average Bonchev–Trinajstić information content (AvgIpc) is 3.25. The van der Waals surface area contributed by atoms with E-state index in [-0.39, 0.29) is 37.4 Å². The summed E-state index contributed by atoms with van der Waals surface area (Å²) in [7, 11) is 0. The summed E-state index contributed by atoms with van der Waals surface area (Å²) < 4.78 is 0. The van der Waals surface area contributed by atoms with Gasteiger partial charge in [0.05, 0.1) is 12.1 Å². The number of benzene rings is 1. The molecule has 0 aliphatic carbocycles. The van der Waals surface area contributed by atoms with E-state index >= 15 is 0 Å². The van der Waals surface area contributed by atoms with Gasteiger partial charge in [0.1, 0.15) is 6.04 Å². The molecule has 31 heavy (non-hydrogen) atoms. The van der Waals surface area contributed by atoms with Crippen LogP contribution in [-0.4, -0.2) is 34.7 Å². The number of rotatable bonds is 4. The van der Waals surface area contributed by atoms with Gasteiger partial charge in [-0.3, -0.25) is 19.7 Å². The average molecular weight is 461 g/mol. The highest BCUT2D eigenvalue weighted by molar-refractivity contribution is 7.10. The fraction of sp³-hybridized carbons (Fsp3) is 0.333. The Kier molecular flexibility index (Phi) is 5.72. The topological polar surface area (TPSA) is 108 Å². The molecule has 1 saturated heterocycles. The van der Waals surface area contributed by atoms with Crippen LogP contribution < -0.4 is 16.0 Å². The van der Waals surface area contributed by atoms with Gasteiger partial charge in [0.25, 0.3) is 5.91 Å². The van der Waals surface area contributed by atoms with Crippen molar-refractivity contribution < 1.29 is 19.2 Å². The number of anilines is 1. The predicted octanol–water partition coefficient (Wildman–Crippen LogP) is 3.10. The number of carbonyl (C=O) groups is 4. The first kappa shape index (κ1) is 21.3. The Morgan fingerprint density at radius 1 is 1.26 bits per heavy atom. The minimum absolute atomic E-state index is 0.212. The first-order valence-corrected chi connectivity index (χ1v) is 11.1. The van der Waals surface area contributed by atoms with E-state index < -0.39 is 11.9 Å². The van der Waals surface area contributed by atoms with Crippen molar-refractivity contribution in [2.75, 3.05) is 5.32 Å². The highest BCUT2D eigenvalue weighted by Crippen LogP contribution is 2.33. The van der Waals surface area contributed by atoms with Gasteiger partial charge in [-0.2, -0.15) is 0 Å². The molecule has 1 unspecified atom stereocenters. The zero-order chi connectivity index (χ0) is 22.3. The Morgan fingerprint density at radius 3 is 2.77 bits per heavy atom. The molecule has 2 aliphatic rings. The number of piperidine rings is 1. The summed E-state index contributed by atoms with van der Waals surface area (Å²) in [4.78, 5) is 51.1. The lowest BCUT2D eigenvalue weighted by Gasteiger charge is -2.29. The Morgan fingerprint density at radius 2 is 2.03 bits per heavy atom. The van der Waals surface area contributed by atoms with Crippen LogP contribution >= 0.6 is 22.9 Å². The summed E-state index contributed by atoms with van der Waals surface area (Å²) in [6.45, 7) is 4.33. The van der Waals surface area contributed by atoms with Crippen molar-refractivity contribution in [3.8, 4) is 0 Å². The number of fused-ring (bicyclic) bond motifs is 1. The number of carbonyl (C=O) groups excluding carboxylic acids is 4. The smallest absolute Gasteiger partial charge is 0.319 e. The van der Waals surface area contributed by atoms with E-state index in [9.17, 15) is 19.2 Å². The molecule has 5 amide bonds. The maximum absolute atomic E-state index is 12.8. The van der Waals surface area contributed by atoms with Crippen molar-refractivity contribution in [3.63, 3.8) is 0 Å². The molecule has 10 heteroatoms. The van der Waals surface area contributed by atoms with Gasteiger partial charge in [-0.15, -0.1) is 11.3 Å². The number of aryl methyl sites for hydroxylation is 2. The van der Waals surface area contributed by atoms with E-state index in [0.717, 1.165) is 21.6 Å². The first-order valence-electron chi connectivity index (χ1n) is 9.80. The zero-order valence-corrected chi connectivity index (χ0v) is 18.6. The van der Waals surface area contributed by atoms with Gasteiger partial charge >= 0.3 is 6.03 Å². The van der Waals surface area contributed by atoms with E-state index in [1.54, 1.807) is 11.4 Å². The largest absolute Gasteiger partial charge is 0.333 e. The summed E-state index contributed by atoms with van der Waals surface area (Å²) >= 11 is 7.54. The lowest BCUT2D eigenvalue weighted by molar-refractivity contribution is -0.136. The molecule has 1 aromatic heterocycles. The highest BCUT2D eigenvalue weighted by Gasteiger charge is 2.40. The van der Waals surface area contributed by atoms with Crippen LogP contribution in [0.4, 0.5) is 10.5 Å². The second-order valence-electron chi connectivity index (χ2n) is 7.68. The fourth-order valence-corrected chi connectivity index (χ4v) is 4.98. The van der Waals surface area contributed by atoms with Crippen LogP contribution in [0.2, 0.25) is 5.02 Å². The monoisotopic (exact) mass is 460 g/mol. The summed E-state index contributed by atoms with van der Waals surface area (Å²) in [6.07, 6.45) is 0.530. The predicted molar refractivity (Wildman–Crippen MR) is 117 cm³/mol. The number of thiophene rings is 1. The van der Waals surface area contributed by atoms with Crippen LogP contribution in [0.1, 0.15) is 44.8 Å². The van der Waals surface area contributed by atoms with Gasteiger partial charge in [0.15, 0.2) is 0 Å². The van der Waals surface area contributed by atoms with Gasteiger partial charge in [-0.05, 0) is 43.0 Å². The zero-order valence-electron chi connectivity index (χ0n) is 17.0. The molecule has 0 spiro atoms. The SMILES string of the molecule is Cc1cc(C)c(NC(=O)NCc2scc3c2CN(C2CCC(=O)NC2=O)C3=O)cc1Cl. The lowest BCUT2D eigenvalue weighted by atomic mass is 10.0. The van der Waals surface area contributed by atoms with Gasteiger partial charge in [0, 0.05) is 33.9 Å². The minimum atomic E-state index is -0.652. The van der Waals surface area contributed by atoms with E-state index in [4.69, 9.17) is 11.6 Å². The van der Waals surface area contributed by atoms with Crippen molar-refractivity contribution in [3.05, 3.63) is 49.7 Å². The number of halogens is 1.